The van der Waals surface area contributed by atoms with Gasteiger partial charge in [-0.3, -0.25) is 9.59 Å². The summed E-state index contributed by atoms with van der Waals surface area (Å²) in [5.41, 5.74) is 1.34. The number of anilines is 2. The Bertz CT molecular complexity index is 1210. The summed E-state index contributed by atoms with van der Waals surface area (Å²) >= 11 is 0. The van der Waals surface area contributed by atoms with E-state index in [1.165, 1.54) is 56.3 Å². The smallest absolute Gasteiger partial charge is 0.242 e. The summed E-state index contributed by atoms with van der Waals surface area (Å²) < 4.78 is 53.6. The summed E-state index contributed by atoms with van der Waals surface area (Å²) in [6.07, 6.45) is 1.44. The van der Waals surface area contributed by atoms with Crippen molar-refractivity contribution in [2.24, 2.45) is 0 Å². The molecule has 10 nitrogen and oxygen atoms in total. The van der Waals surface area contributed by atoms with Crippen molar-refractivity contribution in [1.82, 2.24) is 9.44 Å². The molecule has 0 spiro atoms. The van der Waals surface area contributed by atoms with Gasteiger partial charge in [-0.2, -0.15) is 4.72 Å². The van der Waals surface area contributed by atoms with Crippen molar-refractivity contribution >= 4 is 43.2 Å². The molecule has 2 rings (SSSR count). The molecule has 2 aromatic rings. The number of carbonyl (C=O) groups excluding carboxylic acids is 2. The lowest BCUT2D eigenvalue weighted by Crippen LogP contribution is -2.41. The van der Waals surface area contributed by atoms with Crippen molar-refractivity contribution in [3.8, 4) is 0 Å². The van der Waals surface area contributed by atoms with E-state index < -0.39 is 32.0 Å². The molecule has 33 heavy (non-hydrogen) atoms. The predicted octanol–water partition coefficient (Wildman–Crippen LogP) is 1.56. The van der Waals surface area contributed by atoms with Gasteiger partial charge in [-0.15, -0.1) is 6.58 Å². The summed E-state index contributed by atoms with van der Waals surface area (Å²) in [6.45, 7) is 6.31. The van der Waals surface area contributed by atoms with Crippen LogP contribution in [0.5, 0.6) is 0 Å². The maximum Gasteiger partial charge on any atom is 0.242 e. The topological polar surface area (TPSA) is 151 Å². The van der Waals surface area contributed by atoms with Crippen molar-refractivity contribution in [3.63, 3.8) is 0 Å². The van der Waals surface area contributed by atoms with E-state index in [0.717, 1.165) is 0 Å². The van der Waals surface area contributed by atoms with Crippen LogP contribution < -0.4 is 20.1 Å². The van der Waals surface area contributed by atoms with Gasteiger partial charge in [-0.25, -0.2) is 21.6 Å². The Morgan fingerprint density at radius 1 is 0.939 bits per heavy atom. The first kappa shape index (κ1) is 26.2. The molecular weight excluding hydrogens is 468 g/mol. The Hall–Kier alpha value is -3.06. The molecule has 0 heterocycles. The second-order valence-electron chi connectivity index (χ2n) is 7.13. The third-order valence-corrected chi connectivity index (χ3v) is 7.11. The minimum Gasteiger partial charge on any atom is -0.326 e. The molecule has 0 aliphatic rings. The summed E-state index contributed by atoms with van der Waals surface area (Å²) in [4.78, 5) is 23.4. The molecule has 0 aliphatic heterocycles. The fraction of sp³-hybridized carbons (Fsp3) is 0.238. The van der Waals surface area contributed by atoms with Crippen LogP contribution in [0, 0.1) is 0 Å². The van der Waals surface area contributed by atoms with Crippen LogP contribution in [0.15, 0.2) is 66.1 Å². The van der Waals surface area contributed by atoms with Gasteiger partial charge in [0.2, 0.25) is 31.9 Å². The first-order chi connectivity index (χ1) is 15.4. The lowest BCUT2D eigenvalue weighted by atomic mass is 10.2. The number of hydrogen-bond donors (Lipinski definition) is 4. The molecule has 4 N–H and O–H groups in total. The lowest BCUT2D eigenvalue weighted by molar-refractivity contribution is -0.117. The van der Waals surface area contributed by atoms with E-state index in [4.69, 9.17) is 0 Å². The van der Waals surface area contributed by atoms with Gasteiger partial charge in [0.1, 0.15) is 0 Å². The van der Waals surface area contributed by atoms with Gasteiger partial charge < -0.3 is 10.6 Å². The highest BCUT2D eigenvalue weighted by Crippen LogP contribution is 2.15. The number of rotatable bonds is 11. The second-order valence-corrected chi connectivity index (χ2v) is 10.7. The molecular formula is C21H26N4O6S2. The quantitative estimate of drug-likeness (QED) is 0.348. The van der Waals surface area contributed by atoms with Gasteiger partial charge in [-0.05, 0) is 48.9 Å². The van der Waals surface area contributed by atoms with Crippen LogP contribution >= 0.6 is 0 Å². The number of hydrogen-bond acceptors (Lipinski definition) is 6. The molecule has 2 amide bonds. The number of carbonyl (C=O) groups is 2. The highest BCUT2D eigenvalue weighted by atomic mass is 32.2. The summed E-state index contributed by atoms with van der Waals surface area (Å²) in [5, 5.41) is 5.11. The molecule has 0 bridgehead atoms. The van der Waals surface area contributed by atoms with Crippen LogP contribution in [0.2, 0.25) is 0 Å². The van der Waals surface area contributed by atoms with E-state index in [-0.39, 0.29) is 23.1 Å². The Morgan fingerprint density at radius 2 is 1.48 bits per heavy atom. The van der Waals surface area contributed by atoms with Gasteiger partial charge in [0.15, 0.2) is 0 Å². The van der Waals surface area contributed by atoms with Gasteiger partial charge in [0.25, 0.3) is 0 Å². The van der Waals surface area contributed by atoms with E-state index in [1.54, 1.807) is 12.1 Å². The average Bonchev–Trinajstić information content (AvgIpc) is 2.73. The molecule has 0 unspecified atom stereocenters. The van der Waals surface area contributed by atoms with Gasteiger partial charge >= 0.3 is 0 Å². The van der Waals surface area contributed by atoms with E-state index in [1.807, 2.05) is 0 Å². The summed E-state index contributed by atoms with van der Waals surface area (Å²) in [5.74, 6) is -1.11. The largest absolute Gasteiger partial charge is 0.326 e. The third kappa shape index (κ3) is 8.42. The summed E-state index contributed by atoms with van der Waals surface area (Å²) in [6, 6.07) is 10.6. The zero-order valence-corrected chi connectivity index (χ0v) is 19.8. The molecule has 0 saturated carbocycles. The lowest BCUT2D eigenvalue weighted by Gasteiger charge is -2.15. The number of amides is 2. The van der Waals surface area contributed by atoms with Crippen LogP contribution in [-0.2, 0) is 35.4 Å². The number of sulfonamides is 2. The maximum atomic E-state index is 12.5. The fourth-order valence-corrected chi connectivity index (χ4v) is 4.97. The first-order valence-electron chi connectivity index (χ1n) is 9.80. The fourth-order valence-electron chi connectivity index (χ4n) is 2.67. The minimum absolute atomic E-state index is 0.0631. The first-order valence-corrected chi connectivity index (χ1v) is 12.9. The zero-order valence-electron chi connectivity index (χ0n) is 18.2. The Kier molecular flexibility index (Phi) is 8.88. The van der Waals surface area contributed by atoms with Gasteiger partial charge in [0.05, 0.1) is 16.7 Å². The Labute approximate surface area is 193 Å². The Morgan fingerprint density at radius 3 is 2.03 bits per heavy atom. The van der Waals surface area contributed by atoms with Crippen molar-refractivity contribution in [2.75, 3.05) is 17.2 Å². The van der Waals surface area contributed by atoms with E-state index in [0.29, 0.717) is 16.9 Å². The maximum absolute atomic E-state index is 12.5. The molecule has 2 aromatic carbocycles. The van der Waals surface area contributed by atoms with E-state index in [9.17, 15) is 26.4 Å². The normalized spacial score (nSPS) is 12.5. The molecule has 0 aliphatic carbocycles. The van der Waals surface area contributed by atoms with Crippen LogP contribution in [0.4, 0.5) is 11.4 Å². The van der Waals surface area contributed by atoms with Crippen molar-refractivity contribution < 1.29 is 26.4 Å². The Balaban J connectivity index is 1.98. The van der Waals surface area contributed by atoms with Crippen LogP contribution in [0.25, 0.3) is 0 Å². The van der Waals surface area contributed by atoms with Crippen LogP contribution in [-0.4, -0.2) is 41.2 Å². The zero-order chi connectivity index (χ0) is 24.6. The van der Waals surface area contributed by atoms with E-state index in [2.05, 4.69) is 26.7 Å². The highest BCUT2D eigenvalue weighted by molar-refractivity contribution is 7.89. The third-order valence-electron chi connectivity index (χ3n) is 4.24. The van der Waals surface area contributed by atoms with Crippen LogP contribution in [0.1, 0.15) is 19.4 Å². The monoisotopic (exact) mass is 494 g/mol. The average molecular weight is 495 g/mol. The molecule has 0 radical (unpaired) electrons. The van der Waals surface area contributed by atoms with Crippen molar-refractivity contribution in [3.05, 3.63) is 66.7 Å². The molecule has 12 heteroatoms. The number of benzene rings is 2. The molecule has 178 valence electrons. The summed E-state index contributed by atoms with van der Waals surface area (Å²) in [7, 11) is -7.49. The van der Waals surface area contributed by atoms with Crippen LogP contribution in [0.3, 0.4) is 0 Å². The highest BCUT2D eigenvalue weighted by Gasteiger charge is 2.22. The van der Waals surface area contributed by atoms with Crippen molar-refractivity contribution in [2.45, 2.75) is 30.5 Å². The van der Waals surface area contributed by atoms with Crippen molar-refractivity contribution in [1.29, 1.82) is 0 Å². The van der Waals surface area contributed by atoms with Gasteiger partial charge in [0, 0.05) is 24.8 Å². The molecule has 1 atom stereocenters. The molecule has 0 fully saturated rings. The second kappa shape index (κ2) is 11.2. The molecule has 0 saturated heterocycles. The minimum atomic E-state index is -3.98. The predicted molar refractivity (Wildman–Crippen MR) is 126 cm³/mol. The molecule has 0 aromatic heterocycles. The SMILES string of the molecule is C=CCNS(=O)(=O)Cc1ccc(NC(=O)[C@H](C)NS(=O)(=O)c2ccc(NC(C)=O)cc2)cc1. The van der Waals surface area contributed by atoms with E-state index >= 15 is 0 Å². The van der Waals surface area contributed by atoms with Gasteiger partial charge in [-0.1, -0.05) is 18.2 Å². The standard InChI is InChI=1S/C21H26N4O6S2/c1-4-13-22-32(28,29)14-17-5-7-19(8-6-17)24-21(27)15(2)25-33(30,31)20-11-9-18(10-12-20)23-16(3)26/h4-12,15,22,25H,1,13-14H2,2-3H3,(H,23,26)(H,24,27)/t15-/m0/s1. The number of nitrogens with one attached hydrogen (secondary N) is 4.